The molecule has 2 fully saturated rings. The number of para-hydroxylation sites is 1. The topological polar surface area (TPSA) is 44.4 Å². The molecule has 2 atom stereocenters. The molecule has 3 rings (SSSR count). The van der Waals surface area contributed by atoms with Crippen molar-refractivity contribution >= 4 is 11.6 Å². The van der Waals surface area contributed by atoms with Gasteiger partial charge in [-0.15, -0.1) is 0 Å². The van der Waals surface area contributed by atoms with E-state index in [1.807, 2.05) is 0 Å². The average Bonchev–Trinajstić information content (AvgIpc) is 3.03. The molecule has 138 valence electrons. The second kappa shape index (κ2) is 8.13. The second-order valence-electron chi connectivity index (χ2n) is 7.34. The number of benzene rings is 1. The lowest BCUT2D eigenvalue weighted by atomic mass is 9.84. The van der Waals surface area contributed by atoms with Crippen LogP contribution in [-0.2, 0) is 4.79 Å². The SMILES string of the molecule is CC(CC(=O)NC1CCN(c2c(F)cccc2F)C1)C1CCNCC1. The molecule has 6 heteroatoms. The van der Waals surface area contributed by atoms with E-state index >= 15 is 0 Å². The molecule has 0 saturated carbocycles. The number of anilines is 1. The second-order valence-corrected chi connectivity index (χ2v) is 7.34. The molecule has 0 bridgehead atoms. The normalized spacial score (nSPS) is 22.8. The minimum Gasteiger partial charge on any atom is -0.365 e. The van der Waals surface area contributed by atoms with E-state index in [-0.39, 0.29) is 17.6 Å². The van der Waals surface area contributed by atoms with Crippen LogP contribution in [0.1, 0.15) is 32.6 Å². The van der Waals surface area contributed by atoms with Crippen molar-refractivity contribution in [2.75, 3.05) is 31.1 Å². The molecule has 0 aliphatic carbocycles. The van der Waals surface area contributed by atoms with Crippen molar-refractivity contribution < 1.29 is 13.6 Å². The zero-order valence-corrected chi connectivity index (χ0v) is 14.7. The van der Waals surface area contributed by atoms with Gasteiger partial charge in [0.2, 0.25) is 5.91 Å². The summed E-state index contributed by atoms with van der Waals surface area (Å²) >= 11 is 0. The highest BCUT2D eigenvalue weighted by molar-refractivity contribution is 5.76. The first kappa shape index (κ1) is 18.1. The Morgan fingerprint density at radius 2 is 1.96 bits per heavy atom. The Morgan fingerprint density at radius 1 is 1.28 bits per heavy atom. The number of nitrogens with one attached hydrogen (secondary N) is 2. The minimum absolute atomic E-state index is 0.0160. The Balaban J connectivity index is 1.50. The third-order valence-electron chi connectivity index (χ3n) is 5.50. The van der Waals surface area contributed by atoms with Crippen molar-refractivity contribution in [1.82, 2.24) is 10.6 Å². The van der Waals surface area contributed by atoms with Crippen LogP contribution in [0, 0.1) is 23.5 Å². The summed E-state index contributed by atoms with van der Waals surface area (Å²) in [5, 5.41) is 6.39. The Morgan fingerprint density at radius 3 is 2.64 bits per heavy atom. The molecule has 2 heterocycles. The molecule has 2 unspecified atom stereocenters. The number of carbonyl (C=O) groups excluding carboxylic acids is 1. The highest BCUT2D eigenvalue weighted by Crippen LogP contribution is 2.27. The quantitative estimate of drug-likeness (QED) is 0.857. The summed E-state index contributed by atoms with van der Waals surface area (Å²) in [6, 6.07) is 3.86. The monoisotopic (exact) mass is 351 g/mol. The molecule has 25 heavy (non-hydrogen) atoms. The summed E-state index contributed by atoms with van der Waals surface area (Å²) in [5.41, 5.74) is 0.0160. The molecular weight excluding hydrogens is 324 g/mol. The van der Waals surface area contributed by atoms with E-state index in [2.05, 4.69) is 17.6 Å². The lowest BCUT2D eigenvalue weighted by Crippen LogP contribution is -2.39. The molecule has 2 aliphatic rings. The number of hydrogen-bond donors (Lipinski definition) is 2. The number of hydrogen-bond acceptors (Lipinski definition) is 3. The maximum absolute atomic E-state index is 13.9. The standard InChI is InChI=1S/C19H27F2N3O/c1-13(14-5-8-22-9-6-14)11-18(25)23-15-7-10-24(12-15)19-16(20)3-2-4-17(19)21/h2-4,13-15,22H,5-12H2,1H3,(H,23,25). The van der Waals surface area contributed by atoms with Crippen LogP contribution in [0.3, 0.4) is 0 Å². The summed E-state index contributed by atoms with van der Waals surface area (Å²) in [4.78, 5) is 14.0. The fourth-order valence-corrected chi connectivity index (χ4v) is 4.03. The molecule has 4 nitrogen and oxygen atoms in total. The smallest absolute Gasteiger partial charge is 0.220 e. The van der Waals surface area contributed by atoms with Crippen molar-refractivity contribution in [2.45, 2.75) is 38.6 Å². The van der Waals surface area contributed by atoms with Crippen molar-refractivity contribution in [3.8, 4) is 0 Å². The number of rotatable bonds is 5. The van der Waals surface area contributed by atoms with Gasteiger partial charge < -0.3 is 15.5 Å². The summed E-state index contributed by atoms with van der Waals surface area (Å²) in [6.45, 7) is 5.20. The van der Waals surface area contributed by atoms with Crippen LogP contribution in [0.25, 0.3) is 0 Å². The number of carbonyl (C=O) groups is 1. The van der Waals surface area contributed by atoms with Crippen LogP contribution in [-0.4, -0.2) is 38.1 Å². The summed E-state index contributed by atoms with van der Waals surface area (Å²) < 4.78 is 27.8. The third-order valence-corrected chi connectivity index (χ3v) is 5.50. The highest BCUT2D eigenvalue weighted by Gasteiger charge is 2.29. The van der Waals surface area contributed by atoms with Gasteiger partial charge in [0, 0.05) is 25.6 Å². The predicted octanol–water partition coefficient (Wildman–Crippen LogP) is 2.69. The third kappa shape index (κ3) is 4.48. The molecule has 0 spiro atoms. The maximum atomic E-state index is 13.9. The molecular formula is C19H27F2N3O. The summed E-state index contributed by atoms with van der Waals surface area (Å²) in [6.07, 6.45) is 3.48. The van der Waals surface area contributed by atoms with Gasteiger partial charge in [0.15, 0.2) is 0 Å². The first-order chi connectivity index (χ1) is 12.0. The van der Waals surface area contributed by atoms with Gasteiger partial charge in [-0.05, 0) is 56.3 Å². The summed E-state index contributed by atoms with van der Waals surface area (Å²) in [5.74, 6) is -0.0897. The van der Waals surface area contributed by atoms with Crippen LogP contribution in [0.15, 0.2) is 18.2 Å². The molecule has 0 aromatic heterocycles. The van der Waals surface area contributed by atoms with Crippen LogP contribution >= 0.6 is 0 Å². The zero-order valence-electron chi connectivity index (χ0n) is 14.7. The van der Waals surface area contributed by atoms with Crippen molar-refractivity contribution in [3.63, 3.8) is 0 Å². The van der Waals surface area contributed by atoms with Gasteiger partial charge in [-0.1, -0.05) is 13.0 Å². The molecule has 0 radical (unpaired) electrons. The van der Waals surface area contributed by atoms with Gasteiger partial charge in [0.1, 0.15) is 17.3 Å². The number of amides is 1. The van der Waals surface area contributed by atoms with E-state index in [4.69, 9.17) is 0 Å². The number of halogens is 2. The van der Waals surface area contributed by atoms with E-state index in [0.717, 1.165) is 25.9 Å². The molecule has 2 saturated heterocycles. The Labute approximate surface area is 148 Å². The van der Waals surface area contributed by atoms with Crippen LogP contribution in [0.2, 0.25) is 0 Å². The van der Waals surface area contributed by atoms with Gasteiger partial charge >= 0.3 is 0 Å². The van der Waals surface area contributed by atoms with Crippen molar-refractivity contribution in [2.24, 2.45) is 11.8 Å². The average molecular weight is 351 g/mol. The van der Waals surface area contributed by atoms with Gasteiger partial charge in [0.05, 0.1) is 0 Å². The first-order valence-electron chi connectivity index (χ1n) is 9.23. The lowest BCUT2D eigenvalue weighted by Gasteiger charge is -2.28. The van der Waals surface area contributed by atoms with Crippen LogP contribution in [0.5, 0.6) is 0 Å². The minimum atomic E-state index is -0.550. The first-order valence-corrected chi connectivity index (χ1v) is 9.23. The molecule has 1 aromatic carbocycles. The fourth-order valence-electron chi connectivity index (χ4n) is 4.03. The lowest BCUT2D eigenvalue weighted by molar-refractivity contribution is -0.122. The van der Waals surface area contributed by atoms with E-state index in [1.54, 1.807) is 4.90 Å². The summed E-state index contributed by atoms with van der Waals surface area (Å²) in [7, 11) is 0. The van der Waals surface area contributed by atoms with Gasteiger partial charge in [0.25, 0.3) is 0 Å². The molecule has 1 amide bonds. The fraction of sp³-hybridized carbons (Fsp3) is 0.632. The number of piperidine rings is 1. The van der Waals surface area contributed by atoms with E-state index < -0.39 is 11.6 Å². The van der Waals surface area contributed by atoms with Gasteiger partial charge in [-0.25, -0.2) is 8.78 Å². The highest BCUT2D eigenvalue weighted by atomic mass is 19.1. The van der Waals surface area contributed by atoms with Crippen LogP contribution < -0.4 is 15.5 Å². The van der Waals surface area contributed by atoms with Crippen molar-refractivity contribution in [3.05, 3.63) is 29.8 Å². The molecule has 1 aromatic rings. The maximum Gasteiger partial charge on any atom is 0.220 e. The Bertz CT molecular complexity index is 584. The largest absolute Gasteiger partial charge is 0.365 e. The van der Waals surface area contributed by atoms with E-state index in [0.29, 0.717) is 37.8 Å². The van der Waals surface area contributed by atoms with Crippen LogP contribution in [0.4, 0.5) is 14.5 Å². The van der Waals surface area contributed by atoms with E-state index in [9.17, 15) is 13.6 Å². The Hall–Kier alpha value is -1.69. The van der Waals surface area contributed by atoms with E-state index in [1.165, 1.54) is 18.2 Å². The predicted molar refractivity (Wildman–Crippen MR) is 94.5 cm³/mol. The van der Waals surface area contributed by atoms with Crippen molar-refractivity contribution in [1.29, 1.82) is 0 Å². The molecule has 2 N–H and O–H groups in total. The molecule has 2 aliphatic heterocycles. The Kier molecular flexibility index (Phi) is 5.89. The van der Waals surface area contributed by atoms with Gasteiger partial charge in [-0.2, -0.15) is 0 Å². The van der Waals surface area contributed by atoms with Gasteiger partial charge in [-0.3, -0.25) is 4.79 Å². The zero-order chi connectivity index (χ0) is 17.8. The number of nitrogens with zero attached hydrogens (tertiary/aromatic N) is 1.